The van der Waals surface area contributed by atoms with Gasteiger partial charge in [-0.15, -0.1) is 0 Å². The molecule has 1 atom stereocenters. The van der Waals surface area contributed by atoms with Crippen molar-refractivity contribution in [1.82, 2.24) is 0 Å². The van der Waals surface area contributed by atoms with Crippen molar-refractivity contribution in [3.8, 4) is 0 Å². The number of hydrogen-bond donors (Lipinski definition) is 1. The van der Waals surface area contributed by atoms with Crippen LogP contribution in [0.1, 0.15) is 18.5 Å². The van der Waals surface area contributed by atoms with Crippen LogP contribution < -0.4 is 5.32 Å². The topological polar surface area (TPSA) is 12.0 Å². The Balaban J connectivity index is 2.22. The summed E-state index contributed by atoms with van der Waals surface area (Å²) >= 11 is 0. The minimum absolute atomic E-state index is 0.0507. The van der Waals surface area contributed by atoms with Crippen LogP contribution in [-0.4, -0.2) is 0 Å². The third-order valence-corrected chi connectivity index (χ3v) is 2.71. The highest BCUT2D eigenvalue weighted by molar-refractivity contribution is 5.47. The summed E-state index contributed by atoms with van der Waals surface area (Å²) in [5, 5.41) is 2.81. The number of hydrogen-bond acceptors (Lipinski definition) is 1. The second-order valence-electron chi connectivity index (χ2n) is 4.00. The molecule has 94 valence electrons. The molecule has 4 heteroatoms. The first kappa shape index (κ1) is 12.5. The predicted octanol–water partition coefficient (Wildman–Crippen LogP) is 4.28. The van der Waals surface area contributed by atoms with Crippen molar-refractivity contribution < 1.29 is 13.2 Å². The van der Waals surface area contributed by atoms with E-state index < -0.39 is 17.5 Å². The van der Waals surface area contributed by atoms with Gasteiger partial charge >= 0.3 is 0 Å². The van der Waals surface area contributed by atoms with E-state index in [9.17, 15) is 13.2 Å². The molecule has 0 aliphatic heterocycles. The summed E-state index contributed by atoms with van der Waals surface area (Å²) < 4.78 is 39.3. The molecule has 0 amide bonds. The van der Waals surface area contributed by atoms with E-state index in [4.69, 9.17) is 0 Å². The summed E-state index contributed by atoms with van der Waals surface area (Å²) in [6.45, 7) is 1.82. The van der Waals surface area contributed by atoms with Crippen molar-refractivity contribution in [2.75, 3.05) is 5.32 Å². The number of halogens is 3. The molecule has 2 aromatic rings. The van der Waals surface area contributed by atoms with Crippen molar-refractivity contribution >= 4 is 5.69 Å². The van der Waals surface area contributed by atoms with Crippen LogP contribution in [0.15, 0.2) is 42.5 Å². The van der Waals surface area contributed by atoms with Crippen molar-refractivity contribution in [1.29, 1.82) is 0 Å². The van der Waals surface area contributed by atoms with Crippen LogP contribution in [0.3, 0.4) is 0 Å². The fraction of sp³-hybridized carbons (Fsp3) is 0.143. The van der Waals surface area contributed by atoms with Gasteiger partial charge in [-0.2, -0.15) is 0 Å². The number of rotatable bonds is 3. The van der Waals surface area contributed by atoms with E-state index >= 15 is 0 Å². The molecule has 0 saturated heterocycles. The lowest BCUT2D eigenvalue weighted by atomic mass is 10.1. The molecule has 0 bridgehead atoms. The van der Waals surface area contributed by atoms with Gasteiger partial charge in [-0.25, -0.2) is 13.2 Å². The maximum absolute atomic E-state index is 13.5. The molecule has 1 unspecified atom stereocenters. The Hall–Kier alpha value is -1.97. The summed E-state index contributed by atoms with van der Waals surface area (Å²) in [4.78, 5) is 0. The smallest absolute Gasteiger partial charge is 0.196 e. The minimum atomic E-state index is -1.46. The highest BCUT2D eigenvalue weighted by atomic mass is 19.2. The van der Waals surface area contributed by atoms with Crippen molar-refractivity contribution in [3.05, 3.63) is 65.5 Å². The van der Waals surface area contributed by atoms with Gasteiger partial charge in [0.15, 0.2) is 17.5 Å². The fourth-order valence-electron chi connectivity index (χ4n) is 1.70. The average Bonchev–Trinajstić information content (AvgIpc) is 2.40. The molecule has 1 nitrogen and oxygen atoms in total. The SMILES string of the molecule is CC(Nc1ccc(F)c(F)c1F)c1ccccc1. The van der Waals surface area contributed by atoms with Gasteiger partial charge in [0.1, 0.15) is 0 Å². The molecular formula is C14H12F3N. The molecule has 1 N–H and O–H groups in total. The molecule has 0 aromatic heterocycles. The van der Waals surface area contributed by atoms with E-state index in [2.05, 4.69) is 5.32 Å². The number of benzene rings is 2. The summed E-state index contributed by atoms with van der Waals surface area (Å²) in [6, 6.07) is 11.2. The van der Waals surface area contributed by atoms with Gasteiger partial charge in [0.25, 0.3) is 0 Å². The first-order chi connectivity index (χ1) is 8.59. The normalized spacial score (nSPS) is 12.2. The lowest BCUT2D eigenvalue weighted by Crippen LogP contribution is -2.09. The standard InChI is InChI=1S/C14H12F3N/c1-9(10-5-3-2-4-6-10)18-12-8-7-11(15)13(16)14(12)17/h2-9,18H,1H3. The van der Waals surface area contributed by atoms with Crippen LogP contribution in [0.2, 0.25) is 0 Å². The van der Waals surface area contributed by atoms with Gasteiger partial charge < -0.3 is 5.32 Å². The third kappa shape index (κ3) is 2.47. The fourth-order valence-corrected chi connectivity index (χ4v) is 1.70. The first-order valence-electron chi connectivity index (χ1n) is 5.54. The van der Waals surface area contributed by atoms with E-state index in [0.717, 1.165) is 11.6 Å². The van der Waals surface area contributed by atoms with Gasteiger partial charge in [0.05, 0.1) is 5.69 Å². The van der Waals surface area contributed by atoms with Crippen LogP contribution in [0, 0.1) is 17.5 Å². The van der Waals surface area contributed by atoms with Crippen LogP contribution >= 0.6 is 0 Å². The molecule has 0 saturated carbocycles. The average molecular weight is 251 g/mol. The zero-order chi connectivity index (χ0) is 13.1. The van der Waals surface area contributed by atoms with Crippen LogP contribution in [0.4, 0.5) is 18.9 Å². The van der Waals surface area contributed by atoms with Gasteiger partial charge in [-0.05, 0) is 24.6 Å². The molecule has 0 spiro atoms. The largest absolute Gasteiger partial charge is 0.376 e. The summed E-state index contributed by atoms with van der Waals surface area (Å²) in [6.07, 6.45) is 0. The molecule has 2 rings (SSSR count). The monoisotopic (exact) mass is 251 g/mol. The van der Waals surface area contributed by atoms with Crippen LogP contribution in [0.5, 0.6) is 0 Å². The molecule has 2 aromatic carbocycles. The van der Waals surface area contributed by atoms with Gasteiger partial charge in [-0.1, -0.05) is 30.3 Å². The van der Waals surface area contributed by atoms with E-state index in [1.165, 1.54) is 6.07 Å². The maximum Gasteiger partial charge on any atom is 0.196 e. The lowest BCUT2D eigenvalue weighted by molar-refractivity contribution is 0.448. The Kier molecular flexibility index (Phi) is 3.55. The molecular weight excluding hydrogens is 239 g/mol. The molecule has 0 radical (unpaired) electrons. The second-order valence-corrected chi connectivity index (χ2v) is 4.00. The minimum Gasteiger partial charge on any atom is -0.376 e. The van der Waals surface area contributed by atoms with Gasteiger partial charge in [0, 0.05) is 6.04 Å². The Morgan fingerprint density at radius 2 is 1.56 bits per heavy atom. The predicted molar refractivity (Wildman–Crippen MR) is 64.8 cm³/mol. The molecule has 0 heterocycles. The van der Waals surface area contributed by atoms with E-state index in [-0.39, 0.29) is 11.7 Å². The van der Waals surface area contributed by atoms with Crippen molar-refractivity contribution in [3.63, 3.8) is 0 Å². The Labute approximate surface area is 103 Å². The third-order valence-electron chi connectivity index (χ3n) is 2.71. The summed E-state index contributed by atoms with van der Waals surface area (Å²) in [5.74, 6) is -3.84. The van der Waals surface area contributed by atoms with Crippen molar-refractivity contribution in [2.45, 2.75) is 13.0 Å². The molecule has 0 aliphatic carbocycles. The Bertz CT molecular complexity index is 540. The van der Waals surface area contributed by atoms with Crippen molar-refractivity contribution in [2.24, 2.45) is 0 Å². The first-order valence-corrected chi connectivity index (χ1v) is 5.54. The number of nitrogens with one attached hydrogen (secondary N) is 1. The number of anilines is 1. The van der Waals surface area contributed by atoms with E-state index in [1.807, 2.05) is 37.3 Å². The molecule has 0 fully saturated rings. The van der Waals surface area contributed by atoms with Crippen LogP contribution in [0.25, 0.3) is 0 Å². The van der Waals surface area contributed by atoms with Gasteiger partial charge in [0.2, 0.25) is 0 Å². The van der Waals surface area contributed by atoms with Crippen LogP contribution in [-0.2, 0) is 0 Å². The quantitative estimate of drug-likeness (QED) is 0.803. The zero-order valence-corrected chi connectivity index (χ0v) is 9.75. The second kappa shape index (κ2) is 5.12. The maximum atomic E-state index is 13.5. The summed E-state index contributed by atoms with van der Waals surface area (Å²) in [7, 11) is 0. The molecule has 18 heavy (non-hydrogen) atoms. The highest BCUT2D eigenvalue weighted by Crippen LogP contribution is 2.24. The highest BCUT2D eigenvalue weighted by Gasteiger charge is 2.15. The van der Waals surface area contributed by atoms with Gasteiger partial charge in [-0.3, -0.25) is 0 Å². The van der Waals surface area contributed by atoms with E-state index in [0.29, 0.717) is 0 Å². The van der Waals surface area contributed by atoms with E-state index in [1.54, 1.807) is 0 Å². The molecule has 0 aliphatic rings. The lowest BCUT2D eigenvalue weighted by Gasteiger charge is -2.16. The Morgan fingerprint density at radius 1 is 0.889 bits per heavy atom. The summed E-state index contributed by atoms with van der Waals surface area (Å²) in [5.41, 5.74) is 0.881. The zero-order valence-electron chi connectivity index (χ0n) is 9.75. The Morgan fingerprint density at radius 3 is 2.22 bits per heavy atom.